The van der Waals surface area contributed by atoms with Crippen LogP contribution in [0.25, 0.3) is 0 Å². The molecular weight excluding hydrogens is 304 g/mol. The van der Waals surface area contributed by atoms with Gasteiger partial charge in [-0.25, -0.2) is 0 Å². The first-order valence-electron chi connectivity index (χ1n) is 7.57. The summed E-state index contributed by atoms with van der Waals surface area (Å²) in [6.07, 6.45) is 1.98. The lowest BCUT2D eigenvalue weighted by Gasteiger charge is -2.27. The standard InChI is InChI=1S/C15H26N2O4S/c1-15(2,3)9-12(18)17-7-4-5-11(17)14(21)16-6-8-22-10-13(19)20/h11H,4-10H2,1-3H3,(H,16,21)(H,19,20). The van der Waals surface area contributed by atoms with Crippen LogP contribution < -0.4 is 5.32 Å². The molecule has 1 rings (SSSR count). The monoisotopic (exact) mass is 330 g/mol. The van der Waals surface area contributed by atoms with Gasteiger partial charge >= 0.3 is 5.97 Å². The summed E-state index contributed by atoms with van der Waals surface area (Å²) in [7, 11) is 0. The van der Waals surface area contributed by atoms with Gasteiger partial charge in [0.15, 0.2) is 0 Å². The van der Waals surface area contributed by atoms with Gasteiger partial charge in [0.1, 0.15) is 6.04 Å². The van der Waals surface area contributed by atoms with Gasteiger partial charge in [0, 0.05) is 25.3 Å². The van der Waals surface area contributed by atoms with Gasteiger partial charge in [0.2, 0.25) is 11.8 Å². The van der Waals surface area contributed by atoms with Crippen molar-refractivity contribution in [2.24, 2.45) is 5.41 Å². The topological polar surface area (TPSA) is 86.7 Å². The number of carboxylic acids is 1. The van der Waals surface area contributed by atoms with Crippen LogP contribution in [0.2, 0.25) is 0 Å². The zero-order valence-electron chi connectivity index (χ0n) is 13.6. The molecule has 1 heterocycles. The van der Waals surface area contributed by atoms with Gasteiger partial charge in [-0.3, -0.25) is 14.4 Å². The van der Waals surface area contributed by atoms with E-state index in [0.717, 1.165) is 6.42 Å². The third kappa shape index (κ3) is 6.68. The molecule has 1 atom stereocenters. The van der Waals surface area contributed by atoms with Crippen molar-refractivity contribution in [3.05, 3.63) is 0 Å². The van der Waals surface area contributed by atoms with Crippen LogP contribution in [0.1, 0.15) is 40.0 Å². The first-order chi connectivity index (χ1) is 10.2. The quantitative estimate of drug-likeness (QED) is 0.688. The Labute approximate surface area is 136 Å². The minimum Gasteiger partial charge on any atom is -0.481 e. The van der Waals surface area contributed by atoms with E-state index in [1.54, 1.807) is 4.90 Å². The Kier molecular flexibility index (Phi) is 7.19. The number of likely N-dealkylation sites (tertiary alicyclic amines) is 1. The normalized spacial score (nSPS) is 18.3. The molecule has 1 aliphatic heterocycles. The van der Waals surface area contributed by atoms with Gasteiger partial charge in [-0.05, 0) is 18.3 Å². The molecule has 7 heteroatoms. The molecule has 6 nitrogen and oxygen atoms in total. The van der Waals surface area contributed by atoms with E-state index in [1.807, 2.05) is 20.8 Å². The number of thioether (sulfide) groups is 1. The van der Waals surface area contributed by atoms with Crippen LogP contribution in [0.4, 0.5) is 0 Å². The molecule has 0 aliphatic carbocycles. The minimum absolute atomic E-state index is 0.0328. The number of hydrogen-bond acceptors (Lipinski definition) is 4. The largest absolute Gasteiger partial charge is 0.481 e. The SMILES string of the molecule is CC(C)(C)CC(=O)N1CCCC1C(=O)NCCSCC(=O)O. The molecule has 0 radical (unpaired) electrons. The molecule has 2 N–H and O–H groups in total. The van der Waals surface area contributed by atoms with E-state index in [0.29, 0.717) is 31.7 Å². The number of amides is 2. The smallest absolute Gasteiger partial charge is 0.313 e. The van der Waals surface area contributed by atoms with Crippen molar-refractivity contribution < 1.29 is 19.5 Å². The third-order valence-electron chi connectivity index (χ3n) is 3.33. The Morgan fingerprint density at radius 2 is 2.00 bits per heavy atom. The average molecular weight is 330 g/mol. The van der Waals surface area contributed by atoms with Gasteiger partial charge in [0.05, 0.1) is 5.75 Å². The Morgan fingerprint density at radius 1 is 1.32 bits per heavy atom. The third-order valence-corrected chi connectivity index (χ3v) is 4.27. The van der Waals surface area contributed by atoms with Crippen LogP contribution in [0.3, 0.4) is 0 Å². The van der Waals surface area contributed by atoms with E-state index in [9.17, 15) is 14.4 Å². The number of hydrogen-bond donors (Lipinski definition) is 2. The summed E-state index contributed by atoms with van der Waals surface area (Å²) in [5.41, 5.74) is -0.0891. The van der Waals surface area contributed by atoms with Crippen LogP contribution in [0.15, 0.2) is 0 Å². The number of carbonyl (C=O) groups excluding carboxylic acids is 2. The van der Waals surface area contributed by atoms with Gasteiger partial charge < -0.3 is 15.3 Å². The van der Waals surface area contributed by atoms with E-state index in [4.69, 9.17) is 5.11 Å². The molecule has 2 amide bonds. The molecule has 0 aromatic carbocycles. The molecule has 0 spiro atoms. The molecule has 1 aliphatic rings. The molecule has 0 aromatic rings. The zero-order chi connectivity index (χ0) is 16.8. The predicted octanol–water partition coefficient (Wildman–Crippen LogP) is 1.35. The lowest BCUT2D eigenvalue weighted by atomic mass is 9.91. The van der Waals surface area contributed by atoms with Gasteiger partial charge in [-0.2, -0.15) is 0 Å². The molecule has 0 saturated carbocycles. The van der Waals surface area contributed by atoms with E-state index in [-0.39, 0.29) is 29.0 Å². The molecule has 1 saturated heterocycles. The zero-order valence-corrected chi connectivity index (χ0v) is 14.4. The lowest BCUT2D eigenvalue weighted by Crippen LogP contribution is -2.47. The summed E-state index contributed by atoms with van der Waals surface area (Å²) in [6, 6.07) is -0.376. The van der Waals surface area contributed by atoms with Crippen LogP contribution >= 0.6 is 11.8 Å². The highest BCUT2D eigenvalue weighted by Crippen LogP contribution is 2.24. The molecule has 1 unspecified atom stereocenters. The van der Waals surface area contributed by atoms with Crippen molar-refractivity contribution in [1.29, 1.82) is 0 Å². The van der Waals surface area contributed by atoms with Crippen molar-refractivity contribution in [3.63, 3.8) is 0 Å². The van der Waals surface area contributed by atoms with Crippen LogP contribution in [0, 0.1) is 5.41 Å². The van der Waals surface area contributed by atoms with Crippen LogP contribution in [-0.2, 0) is 14.4 Å². The fourth-order valence-corrected chi connectivity index (χ4v) is 2.98. The predicted molar refractivity (Wildman–Crippen MR) is 86.8 cm³/mol. The van der Waals surface area contributed by atoms with Crippen molar-refractivity contribution in [2.75, 3.05) is 24.6 Å². The maximum absolute atomic E-state index is 12.3. The highest BCUT2D eigenvalue weighted by Gasteiger charge is 2.34. The lowest BCUT2D eigenvalue weighted by molar-refractivity contribution is -0.139. The summed E-state index contributed by atoms with van der Waals surface area (Å²) >= 11 is 1.27. The van der Waals surface area contributed by atoms with Crippen molar-refractivity contribution in [1.82, 2.24) is 10.2 Å². The number of carbonyl (C=O) groups is 3. The van der Waals surface area contributed by atoms with Gasteiger partial charge in [-0.15, -0.1) is 11.8 Å². The van der Waals surface area contributed by atoms with Crippen molar-refractivity contribution in [2.45, 2.75) is 46.1 Å². The Morgan fingerprint density at radius 3 is 2.59 bits per heavy atom. The van der Waals surface area contributed by atoms with Crippen LogP contribution in [-0.4, -0.2) is 58.4 Å². The summed E-state index contributed by atoms with van der Waals surface area (Å²) in [6.45, 7) is 7.09. The number of nitrogens with one attached hydrogen (secondary N) is 1. The first kappa shape index (κ1) is 18.8. The van der Waals surface area contributed by atoms with E-state index in [1.165, 1.54) is 11.8 Å². The summed E-state index contributed by atoms with van der Waals surface area (Å²) in [5.74, 6) is -0.358. The van der Waals surface area contributed by atoms with Gasteiger partial charge in [-0.1, -0.05) is 20.8 Å². The molecular formula is C15H26N2O4S. The second-order valence-electron chi connectivity index (χ2n) is 6.72. The van der Waals surface area contributed by atoms with E-state index >= 15 is 0 Å². The second-order valence-corrected chi connectivity index (χ2v) is 7.83. The van der Waals surface area contributed by atoms with E-state index in [2.05, 4.69) is 5.32 Å². The Bertz CT molecular complexity index is 420. The molecule has 0 bridgehead atoms. The number of nitrogens with zero attached hydrogens (tertiary/aromatic N) is 1. The van der Waals surface area contributed by atoms with Crippen molar-refractivity contribution in [3.8, 4) is 0 Å². The fourth-order valence-electron chi connectivity index (χ4n) is 2.42. The fraction of sp³-hybridized carbons (Fsp3) is 0.800. The Hall–Kier alpha value is -1.24. The average Bonchev–Trinajstić information content (AvgIpc) is 2.84. The molecule has 22 heavy (non-hydrogen) atoms. The maximum atomic E-state index is 12.3. The summed E-state index contributed by atoms with van der Waals surface area (Å²) in [4.78, 5) is 36.6. The van der Waals surface area contributed by atoms with Gasteiger partial charge in [0.25, 0.3) is 0 Å². The van der Waals surface area contributed by atoms with Crippen LogP contribution in [0.5, 0.6) is 0 Å². The van der Waals surface area contributed by atoms with Crippen molar-refractivity contribution >= 4 is 29.5 Å². The molecule has 0 aromatic heterocycles. The number of rotatable bonds is 7. The Balaban J connectivity index is 2.40. The summed E-state index contributed by atoms with van der Waals surface area (Å²) < 4.78 is 0. The van der Waals surface area contributed by atoms with E-state index < -0.39 is 5.97 Å². The second kappa shape index (κ2) is 8.41. The minimum atomic E-state index is -0.855. The molecule has 126 valence electrons. The number of aliphatic carboxylic acids is 1. The highest BCUT2D eigenvalue weighted by atomic mass is 32.2. The molecule has 1 fully saturated rings. The first-order valence-corrected chi connectivity index (χ1v) is 8.73. The maximum Gasteiger partial charge on any atom is 0.313 e. The summed E-state index contributed by atoms with van der Waals surface area (Å²) in [5, 5.41) is 11.3. The number of carboxylic acid groups (broad SMARTS) is 1. The highest BCUT2D eigenvalue weighted by molar-refractivity contribution is 7.99.